The number of likely N-dealkylation sites (N-methyl/N-ethyl adjacent to an activating group) is 1. The third kappa shape index (κ3) is 2.63. The van der Waals surface area contributed by atoms with Crippen LogP contribution in [0.3, 0.4) is 0 Å². The molecule has 0 saturated carbocycles. The Morgan fingerprint density at radius 1 is 1.16 bits per heavy atom. The summed E-state index contributed by atoms with van der Waals surface area (Å²) >= 11 is 0. The average molecular weight is 340 g/mol. The molecule has 2 aromatic heterocycles. The van der Waals surface area contributed by atoms with Crippen LogP contribution in [-0.2, 0) is 13.1 Å². The predicted octanol–water partition coefficient (Wildman–Crippen LogP) is 0.619. The summed E-state index contributed by atoms with van der Waals surface area (Å²) in [6.07, 6.45) is 0. The average Bonchev–Trinajstić information content (AvgIpc) is 3.23. The molecule has 0 spiro atoms. The lowest BCUT2D eigenvalue weighted by Gasteiger charge is -2.24. The highest BCUT2D eigenvalue weighted by molar-refractivity contribution is 5.91. The van der Waals surface area contributed by atoms with Crippen molar-refractivity contribution >= 4 is 5.91 Å². The Kier molecular flexibility index (Phi) is 3.68. The number of aromatic nitrogens is 5. The van der Waals surface area contributed by atoms with Gasteiger partial charge in [-0.1, -0.05) is 23.4 Å². The van der Waals surface area contributed by atoms with Crippen molar-refractivity contribution in [1.29, 1.82) is 0 Å². The molecule has 1 aromatic carbocycles. The molecule has 0 fully saturated rings. The summed E-state index contributed by atoms with van der Waals surface area (Å²) in [5.74, 6) is 0.629. The number of carbonyl (C=O) groups excluding carboxylic acids is 1. The topological polar surface area (TPSA) is 99.0 Å². The van der Waals surface area contributed by atoms with E-state index >= 15 is 0 Å². The normalized spacial score (nSPS) is 14.0. The Labute approximate surface area is 142 Å². The van der Waals surface area contributed by atoms with E-state index in [2.05, 4.69) is 15.2 Å². The van der Waals surface area contributed by atoms with Crippen LogP contribution in [0.1, 0.15) is 23.4 Å². The fraction of sp³-hybridized carbons (Fsp3) is 0.312. The zero-order valence-corrected chi connectivity index (χ0v) is 13.6. The van der Waals surface area contributed by atoms with Gasteiger partial charge in [0.2, 0.25) is 5.82 Å². The van der Waals surface area contributed by atoms with E-state index < -0.39 is 0 Å². The minimum absolute atomic E-state index is 0.0502. The second kappa shape index (κ2) is 6.00. The largest absolute Gasteiger partial charge is 0.346 e. The van der Waals surface area contributed by atoms with Crippen molar-refractivity contribution in [1.82, 2.24) is 29.4 Å². The van der Waals surface area contributed by atoms with Crippen molar-refractivity contribution in [3.63, 3.8) is 0 Å². The highest BCUT2D eigenvalue weighted by Gasteiger charge is 2.28. The highest BCUT2D eigenvalue weighted by Crippen LogP contribution is 2.16. The summed E-state index contributed by atoms with van der Waals surface area (Å²) in [5, 5.41) is 8.06. The van der Waals surface area contributed by atoms with Gasteiger partial charge in [0.1, 0.15) is 6.54 Å². The molecule has 3 heterocycles. The number of nitrogens with zero attached hydrogens (tertiary/aromatic N) is 6. The van der Waals surface area contributed by atoms with Gasteiger partial charge in [0.15, 0.2) is 5.82 Å². The van der Waals surface area contributed by atoms with Gasteiger partial charge in [-0.3, -0.25) is 9.36 Å². The fourth-order valence-electron chi connectivity index (χ4n) is 2.82. The van der Waals surface area contributed by atoms with Crippen LogP contribution >= 0.6 is 0 Å². The maximum atomic E-state index is 12.4. The van der Waals surface area contributed by atoms with Gasteiger partial charge in [-0.25, -0.2) is 9.48 Å². The van der Waals surface area contributed by atoms with Gasteiger partial charge < -0.3 is 9.42 Å². The number of fused-ring (bicyclic) bond motifs is 1. The molecule has 25 heavy (non-hydrogen) atoms. The molecule has 0 atom stereocenters. The molecule has 9 heteroatoms. The summed E-state index contributed by atoms with van der Waals surface area (Å²) in [6.45, 7) is 3.48. The van der Waals surface area contributed by atoms with Crippen LogP contribution in [0, 0.1) is 0 Å². The molecule has 1 amide bonds. The zero-order valence-electron chi connectivity index (χ0n) is 13.6. The lowest BCUT2D eigenvalue weighted by Crippen LogP contribution is -2.42. The second-order valence-electron chi connectivity index (χ2n) is 5.68. The van der Waals surface area contributed by atoms with Crippen LogP contribution < -0.4 is 5.69 Å². The molecule has 3 aromatic rings. The number of carbonyl (C=O) groups is 1. The first-order valence-electron chi connectivity index (χ1n) is 8.02. The molecule has 1 aliphatic rings. The Balaban J connectivity index is 1.62. The lowest BCUT2D eigenvalue weighted by molar-refractivity contribution is 0.0705. The zero-order chi connectivity index (χ0) is 17.4. The Hall–Kier alpha value is -3.23. The van der Waals surface area contributed by atoms with Crippen LogP contribution in [0.2, 0.25) is 0 Å². The molecule has 0 N–H and O–H groups in total. The predicted molar refractivity (Wildman–Crippen MR) is 86.9 cm³/mol. The third-order valence-electron chi connectivity index (χ3n) is 4.16. The molecule has 4 rings (SSSR count). The van der Waals surface area contributed by atoms with Crippen molar-refractivity contribution in [2.24, 2.45) is 0 Å². The molecule has 128 valence electrons. The molecule has 0 aliphatic carbocycles. The van der Waals surface area contributed by atoms with E-state index in [4.69, 9.17) is 4.52 Å². The van der Waals surface area contributed by atoms with Gasteiger partial charge in [0.25, 0.3) is 11.8 Å². The van der Waals surface area contributed by atoms with Crippen LogP contribution in [0.15, 0.2) is 39.6 Å². The number of rotatable bonds is 4. The number of hydrogen-bond donors (Lipinski definition) is 0. The first-order chi connectivity index (χ1) is 12.2. The summed E-state index contributed by atoms with van der Waals surface area (Å²) in [4.78, 5) is 30.7. The minimum Gasteiger partial charge on any atom is -0.334 e. The van der Waals surface area contributed by atoms with E-state index in [0.717, 1.165) is 5.56 Å². The fourth-order valence-corrected chi connectivity index (χ4v) is 2.82. The van der Waals surface area contributed by atoms with Crippen LogP contribution in [0.4, 0.5) is 0 Å². The Morgan fingerprint density at radius 2 is 1.96 bits per heavy atom. The second-order valence-corrected chi connectivity index (χ2v) is 5.68. The van der Waals surface area contributed by atoms with Crippen molar-refractivity contribution in [2.45, 2.75) is 20.0 Å². The number of benzene rings is 1. The standard InChI is InChI=1S/C16H16N6O3/c1-2-20-8-9-21-13(15(20)23)18-22(16(21)24)10-12-17-14(25-19-12)11-6-4-3-5-7-11/h3-7H,2,8-10H2,1H3. The summed E-state index contributed by atoms with van der Waals surface area (Å²) in [7, 11) is 0. The first-order valence-corrected chi connectivity index (χ1v) is 8.02. The Morgan fingerprint density at radius 3 is 2.72 bits per heavy atom. The van der Waals surface area contributed by atoms with Crippen molar-refractivity contribution < 1.29 is 9.32 Å². The van der Waals surface area contributed by atoms with Crippen molar-refractivity contribution in [3.8, 4) is 11.5 Å². The van der Waals surface area contributed by atoms with Gasteiger partial charge in [0.05, 0.1) is 0 Å². The quantitative estimate of drug-likeness (QED) is 0.690. The van der Waals surface area contributed by atoms with Gasteiger partial charge >= 0.3 is 5.69 Å². The van der Waals surface area contributed by atoms with Crippen LogP contribution in [0.25, 0.3) is 11.5 Å². The minimum atomic E-state index is -0.342. The molecular formula is C16H16N6O3. The van der Waals surface area contributed by atoms with Crippen LogP contribution in [-0.4, -0.2) is 48.4 Å². The van der Waals surface area contributed by atoms with Crippen LogP contribution in [0.5, 0.6) is 0 Å². The number of amides is 1. The molecule has 0 bridgehead atoms. The maximum Gasteiger partial charge on any atom is 0.346 e. The summed E-state index contributed by atoms with van der Waals surface area (Å²) in [5.41, 5.74) is 0.455. The molecule has 0 radical (unpaired) electrons. The third-order valence-corrected chi connectivity index (χ3v) is 4.16. The summed E-state index contributed by atoms with van der Waals surface area (Å²) < 4.78 is 7.83. The monoisotopic (exact) mass is 340 g/mol. The van der Waals surface area contributed by atoms with E-state index in [9.17, 15) is 9.59 Å². The van der Waals surface area contributed by atoms with E-state index in [1.807, 2.05) is 37.3 Å². The highest BCUT2D eigenvalue weighted by atomic mass is 16.5. The maximum absolute atomic E-state index is 12.4. The van der Waals surface area contributed by atoms with Gasteiger partial charge in [-0.15, -0.1) is 5.10 Å². The Bertz CT molecular complexity index is 971. The van der Waals surface area contributed by atoms with E-state index in [-0.39, 0.29) is 24.0 Å². The molecule has 0 saturated heterocycles. The SMILES string of the molecule is CCN1CCn2c(nn(Cc3noc(-c4ccccc4)n3)c2=O)C1=O. The number of hydrogen-bond acceptors (Lipinski definition) is 6. The molecular weight excluding hydrogens is 324 g/mol. The summed E-state index contributed by atoms with van der Waals surface area (Å²) in [6, 6.07) is 9.36. The van der Waals surface area contributed by atoms with E-state index in [1.54, 1.807) is 4.90 Å². The molecule has 9 nitrogen and oxygen atoms in total. The van der Waals surface area contributed by atoms with Crippen molar-refractivity contribution in [2.75, 3.05) is 13.1 Å². The smallest absolute Gasteiger partial charge is 0.334 e. The molecule has 1 aliphatic heterocycles. The molecule has 0 unspecified atom stereocenters. The van der Waals surface area contributed by atoms with Gasteiger partial charge in [-0.05, 0) is 19.1 Å². The first kappa shape index (κ1) is 15.3. The van der Waals surface area contributed by atoms with Gasteiger partial charge in [0, 0.05) is 25.2 Å². The van der Waals surface area contributed by atoms with E-state index in [0.29, 0.717) is 31.3 Å². The van der Waals surface area contributed by atoms with Crippen molar-refractivity contribution in [3.05, 3.63) is 52.5 Å². The van der Waals surface area contributed by atoms with E-state index in [1.165, 1.54) is 9.25 Å². The lowest BCUT2D eigenvalue weighted by atomic mass is 10.2. The van der Waals surface area contributed by atoms with Gasteiger partial charge in [-0.2, -0.15) is 4.98 Å².